The molecule has 8 nitrogen and oxygen atoms in total. The zero-order valence-electron chi connectivity index (χ0n) is 26.6. The van der Waals surface area contributed by atoms with Crippen LogP contribution in [0.1, 0.15) is 47.8 Å². The first-order valence-corrected chi connectivity index (χ1v) is 23.3. The summed E-state index contributed by atoms with van der Waals surface area (Å²) in [5.41, 5.74) is 4.29. The van der Waals surface area contributed by atoms with Gasteiger partial charge in [-0.3, -0.25) is 4.57 Å². The standard InChI is InChI=1S/C29H52NO7PSi2/c1-12-36-38(32,37-13-2)25(40(9,10)11)19-30-18-21(3)14-15-23-27(33-5)22(4)24-20-35-29(31)26(24)28(23)34-16-17-39(6,7)8/h14,25,30H,12-13,15-20H2,1-11H3. The molecule has 1 aromatic rings. The first kappa shape index (κ1) is 34.8. The van der Waals surface area contributed by atoms with Crippen molar-refractivity contribution >= 4 is 29.7 Å². The Labute approximate surface area is 244 Å². The van der Waals surface area contributed by atoms with Crippen LogP contribution in [-0.2, 0) is 31.4 Å². The average molecular weight is 614 g/mol. The Balaban J connectivity index is 2.29. The van der Waals surface area contributed by atoms with Crippen LogP contribution in [0.25, 0.3) is 0 Å². The summed E-state index contributed by atoms with van der Waals surface area (Å²) in [5.74, 6) is 0.992. The van der Waals surface area contributed by atoms with Crippen LogP contribution < -0.4 is 14.8 Å². The Kier molecular flexibility index (Phi) is 12.7. The van der Waals surface area contributed by atoms with Gasteiger partial charge in [0.05, 0.1) is 40.3 Å². The van der Waals surface area contributed by atoms with Crippen molar-refractivity contribution in [3.05, 3.63) is 33.9 Å². The minimum absolute atomic E-state index is 0.162. The molecule has 0 saturated carbocycles. The largest absolute Gasteiger partial charge is 0.496 e. The highest BCUT2D eigenvalue weighted by molar-refractivity contribution is 7.58. The molecule has 228 valence electrons. The van der Waals surface area contributed by atoms with Crippen molar-refractivity contribution in [3.63, 3.8) is 0 Å². The number of benzene rings is 1. The van der Waals surface area contributed by atoms with Crippen LogP contribution in [0, 0.1) is 6.92 Å². The number of carbonyl (C=O) groups is 1. The van der Waals surface area contributed by atoms with Gasteiger partial charge in [-0.1, -0.05) is 50.9 Å². The third-order valence-corrected chi connectivity index (χ3v) is 16.5. The van der Waals surface area contributed by atoms with Gasteiger partial charge in [0.15, 0.2) is 0 Å². The molecule has 0 amide bonds. The lowest BCUT2D eigenvalue weighted by molar-refractivity contribution is 0.0532. The maximum Gasteiger partial charge on any atom is 0.342 e. The Morgan fingerprint density at radius 3 is 2.25 bits per heavy atom. The van der Waals surface area contributed by atoms with E-state index >= 15 is 0 Å². The zero-order chi connectivity index (χ0) is 30.3. The maximum atomic E-state index is 13.6. The fourth-order valence-electron chi connectivity index (χ4n) is 4.85. The van der Waals surface area contributed by atoms with E-state index in [1.165, 1.54) is 0 Å². The van der Waals surface area contributed by atoms with Crippen LogP contribution >= 0.6 is 7.60 Å². The highest BCUT2D eigenvalue weighted by Gasteiger charge is 2.44. The van der Waals surface area contributed by atoms with Crippen LogP contribution in [-0.4, -0.2) is 67.4 Å². The van der Waals surface area contributed by atoms with Crippen LogP contribution in [0.2, 0.25) is 45.3 Å². The number of cyclic esters (lactones) is 1. The number of rotatable bonds is 17. The van der Waals surface area contributed by atoms with Crippen molar-refractivity contribution in [2.24, 2.45) is 0 Å². The van der Waals surface area contributed by atoms with E-state index in [2.05, 4.69) is 57.6 Å². The molecule has 40 heavy (non-hydrogen) atoms. The second kappa shape index (κ2) is 14.6. The molecule has 1 atom stereocenters. The molecule has 0 bridgehead atoms. The van der Waals surface area contributed by atoms with Gasteiger partial charge in [-0.15, -0.1) is 0 Å². The second-order valence-corrected chi connectivity index (χ2v) is 26.5. The van der Waals surface area contributed by atoms with Crippen molar-refractivity contribution < 1.29 is 32.6 Å². The number of hydrogen-bond donors (Lipinski definition) is 1. The first-order valence-electron chi connectivity index (χ1n) is 14.4. The highest BCUT2D eigenvalue weighted by Crippen LogP contribution is 2.55. The SMILES string of the molecule is CCOP(=O)(OCC)C(CNCC(C)=CCc1c(OC)c(C)c2c(c1OCC[Si](C)(C)C)C(=O)OC2)[Si](C)(C)C. The molecule has 1 aliphatic heterocycles. The van der Waals surface area contributed by atoms with E-state index in [4.69, 9.17) is 23.3 Å². The fraction of sp³-hybridized carbons (Fsp3) is 0.690. The number of esters is 1. The number of methoxy groups -OCH3 is 1. The molecule has 1 unspecified atom stereocenters. The van der Waals surface area contributed by atoms with E-state index in [0.29, 0.717) is 50.6 Å². The average Bonchev–Trinajstić information content (AvgIpc) is 3.22. The quantitative estimate of drug-likeness (QED) is 0.0871. The van der Waals surface area contributed by atoms with E-state index in [-0.39, 0.29) is 17.9 Å². The van der Waals surface area contributed by atoms with Gasteiger partial charge >= 0.3 is 13.6 Å². The number of hydrogen-bond acceptors (Lipinski definition) is 8. The topological polar surface area (TPSA) is 92.3 Å². The van der Waals surface area contributed by atoms with Gasteiger partial charge in [0, 0.05) is 32.3 Å². The number of ether oxygens (including phenoxy) is 3. The second-order valence-electron chi connectivity index (χ2n) is 12.7. The molecule has 1 heterocycles. The summed E-state index contributed by atoms with van der Waals surface area (Å²) < 4.78 is 42.7. The molecule has 0 radical (unpaired) electrons. The third kappa shape index (κ3) is 9.03. The molecule has 0 aromatic heterocycles. The van der Waals surface area contributed by atoms with Crippen LogP contribution in [0.15, 0.2) is 11.6 Å². The van der Waals surface area contributed by atoms with Gasteiger partial charge in [0.2, 0.25) is 0 Å². The van der Waals surface area contributed by atoms with E-state index in [1.807, 2.05) is 20.8 Å². The van der Waals surface area contributed by atoms with Gasteiger partial charge in [-0.25, -0.2) is 4.79 Å². The molecule has 1 aliphatic rings. The molecular formula is C29H52NO7PSi2. The van der Waals surface area contributed by atoms with E-state index < -0.39 is 23.7 Å². The van der Waals surface area contributed by atoms with Crippen molar-refractivity contribution in [3.8, 4) is 11.5 Å². The predicted octanol–water partition coefficient (Wildman–Crippen LogP) is 6.98. The van der Waals surface area contributed by atoms with E-state index in [9.17, 15) is 9.36 Å². The fourth-order valence-corrected chi connectivity index (χ4v) is 12.1. The van der Waals surface area contributed by atoms with Gasteiger partial charge in [-0.2, -0.15) is 0 Å². The number of carbonyl (C=O) groups excluding carboxylic acids is 1. The summed E-state index contributed by atoms with van der Waals surface area (Å²) in [6.45, 7) is 23.9. The summed E-state index contributed by atoms with van der Waals surface area (Å²) in [4.78, 5) is 12.7. The van der Waals surface area contributed by atoms with Crippen molar-refractivity contribution in [1.82, 2.24) is 5.32 Å². The summed E-state index contributed by atoms with van der Waals surface area (Å²) in [5, 5.41) is 3.34. The zero-order valence-corrected chi connectivity index (χ0v) is 29.5. The molecule has 1 aromatic carbocycles. The maximum absolute atomic E-state index is 13.6. The van der Waals surface area contributed by atoms with E-state index in [0.717, 1.165) is 34.1 Å². The summed E-state index contributed by atoms with van der Waals surface area (Å²) in [6.07, 6.45) is 2.69. The molecule has 11 heteroatoms. The Hall–Kier alpha value is -1.43. The van der Waals surface area contributed by atoms with Crippen LogP contribution in [0.4, 0.5) is 0 Å². The molecule has 0 aliphatic carbocycles. The number of nitrogens with one attached hydrogen (secondary N) is 1. The summed E-state index contributed by atoms with van der Waals surface area (Å²) in [7, 11) is -4.78. The summed E-state index contributed by atoms with van der Waals surface area (Å²) >= 11 is 0. The Bertz CT molecular complexity index is 1100. The summed E-state index contributed by atoms with van der Waals surface area (Å²) in [6, 6.07) is 0.983. The molecule has 2 rings (SSSR count). The third-order valence-electron chi connectivity index (χ3n) is 7.12. The van der Waals surface area contributed by atoms with Crippen molar-refractivity contribution in [2.45, 2.75) is 91.3 Å². The van der Waals surface area contributed by atoms with Gasteiger partial charge in [0.25, 0.3) is 0 Å². The predicted molar refractivity (Wildman–Crippen MR) is 169 cm³/mol. The Morgan fingerprint density at radius 1 is 1.10 bits per heavy atom. The lowest BCUT2D eigenvalue weighted by atomic mass is 9.95. The first-order chi connectivity index (χ1) is 18.6. The molecule has 0 spiro atoms. The number of allylic oxidation sites excluding steroid dienone is 1. The van der Waals surface area contributed by atoms with Gasteiger partial charge in [0.1, 0.15) is 23.7 Å². The van der Waals surface area contributed by atoms with Crippen LogP contribution in [0.5, 0.6) is 11.5 Å². The van der Waals surface area contributed by atoms with Gasteiger partial charge in [-0.05, 0) is 45.7 Å². The monoisotopic (exact) mass is 613 g/mol. The lowest BCUT2D eigenvalue weighted by Crippen LogP contribution is -2.46. The lowest BCUT2D eigenvalue weighted by Gasteiger charge is -2.34. The van der Waals surface area contributed by atoms with E-state index in [1.54, 1.807) is 7.11 Å². The molecule has 1 N–H and O–H groups in total. The normalized spacial score (nSPS) is 15.2. The Morgan fingerprint density at radius 2 is 1.73 bits per heavy atom. The smallest absolute Gasteiger partial charge is 0.342 e. The molecular weight excluding hydrogens is 561 g/mol. The van der Waals surface area contributed by atoms with Gasteiger partial charge < -0.3 is 28.6 Å². The minimum atomic E-state index is -3.23. The van der Waals surface area contributed by atoms with Crippen molar-refractivity contribution in [1.29, 1.82) is 0 Å². The van der Waals surface area contributed by atoms with Crippen molar-refractivity contribution in [2.75, 3.05) is 40.0 Å². The molecule has 0 saturated heterocycles. The highest BCUT2D eigenvalue weighted by atomic mass is 31.2. The molecule has 0 fully saturated rings. The minimum Gasteiger partial charge on any atom is -0.496 e. The number of fused-ring (bicyclic) bond motifs is 1. The van der Waals surface area contributed by atoms with Crippen LogP contribution in [0.3, 0.4) is 0 Å².